The Morgan fingerprint density at radius 3 is 1.42 bits per heavy atom. The van der Waals surface area contributed by atoms with Crippen LogP contribution in [0, 0.1) is 0 Å². The van der Waals surface area contributed by atoms with Crippen molar-refractivity contribution in [3.05, 3.63) is 212 Å². The molecule has 6 aromatic carbocycles. The molecule has 0 saturated carbocycles. The van der Waals surface area contributed by atoms with Crippen molar-refractivity contribution >= 4 is 65.9 Å². The van der Waals surface area contributed by atoms with Crippen LogP contribution in [0.1, 0.15) is 22.3 Å². The molecule has 0 unspecified atom stereocenters. The van der Waals surface area contributed by atoms with E-state index in [1.54, 1.807) is 25.3 Å². The first kappa shape index (κ1) is 34.7. The van der Waals surface area contributed by atoms with Gasteiger partial charge in [-0.15, -0.1) is 0 Å². The Balaban J connectivity index is 1.19. The van der Waals surface area contributed by atoms with E-state index in [-0.39, 0.29) is 0 Å². The van der Waals surface area contributed by atoms with E-state index in [9.17, 15) is 0 Å². The van der Waals surface area contributed by atoms with Gasteiger partial charge < -0.3 is 4.57 Å². The maximum absolute atomic E-state index is 4.93. The van der Waals surface area contributed by atoms with Gasteiger partial charge in [-0.1, -0.05) is 103 Å². The van der Waals surface area contributed by atoms with Crippen molar-refractivity contribution in [1.29, 1.82) is 0 Å². The predicted octanol–water partition coefficient (Wildman–Crippen LogP) is 10.5. The van der Waals surface area contributed by atoms with Gasteiger partial charge in [0.2, 0.25) is 0 Å². The molecule has 0 radical (unpaired) electrons. The molecule has 11 heteroatoms. The van der Waals surface area contributed by atoms with Crippen LogP contribution < -0.4 is 0 Å². The van der Waals surface area contributed by atoms with E-state index in [2.05, 4.69) is 173 Å². The third kappa shape index (κ3) is 4.53. The Bertz CT molecular complexity index is 3890. The summed E-state index contributed by atoms with van der Waals surface area (Å²) in [5, 5.41) is 5.51. The number of hydrogen-bond donors (Lipinski definition) is 0. The number of para-hydroxylation sites is 1. The standard InChI is InChI=1S/C53H31N11/c1-3-11-32(12-4-1)53(44-17-9-7-15-36(44)37-16-8-10-18-45(37)53)33-19-20-46-38(21-33)39-22-35(63-49-40(24-54-28-58-49)41-25-55-29-59-50(41)63)23-47(48(39)62(46)34-13-5-2-6-14-34)64-51-42(26-56-30-60-51)43-27-57-31-61-52(43)64/h1-31H. The molecule has 0 bridgehead atoms. The minimum absolute atomic E-state index is 0.606. The molecule has 0 atom stereocenters. The monoisotopic (exact) mass is 821 g/mol. The van der Waals surface area contributed by atoms with E-state index in [1.165, 1.54) is 27.8 Å². The fourth-order valence-corrected chi connectivity index (χ4v) is 10.6. The van der Waals surface area contributed by atoms with Crippen molar-refractivity contribution in [3.63, 3.8) is 0 Å². The third-order valence-electron chi connectivity index (χ3n) is 13.1. The Kier molecular flexibility index (Phi) is 7.07. The van der Waals surface area contributed by atoms with Crippen LogP contribution in [0.3, 0.4) is 0 Å². The van der Waals surface area contributed by atoms with E-state index in [0.29, 0.717) is 11.3 Å². The van der Waals surface area contributed by atoms with E-state index < -0.39 is 5.41 Å². The van der Waals surface area contributed by atoms with Gasteiger partial charge in [0.25, 0.3) is 0 Å². The van der Waals surface area contributed by atoms with Crippen molar-refractivity contribution in [2.45, 2.75) is 5.41 Å². The van der Waals surface area contributed by atoms with Crippen LogP contribution in [0.4, 0.5) is 0 Å². The Hall–Kier alpha value is -8.96. The molecule has 1 aliphatic rings. The lowest BCUT2D eigenvalue weighted by atomic mass is 9.67. The minimum Gasteiger partial charge on any atom is -0.307 e. The number of hydrogen-bond acceptors (Lipinski definition) is 8. The fraction of sp³-hybridized carbons (Fsp3) is 0.0189. The van der Waals surface area contributed by atoms with Crippen LogP contribution in [0.2, 0.25) is 0 Å². The Morgan fingerprint density at radius 2 is 0.859 bits per heavy atom. The normalized spacial score (nSPS) is 13.1. The lowest BCUT2D eigenvalue weighted by molar-refractivity contribution is 0.770. The first-order valence-corrected chi connectivity index (χ1v) is 21.0. The third-order valence-corrected chi connectivity index (χ3v) is 13.1. The van der Waals surface area contributed by atoms with Crippen LogP contribution >= 0.6 is 0 Å². The van der Waals surface area contributed by atoms with Gasteiger partial charge in [0.1, 0.15) is 47.9 Å². The molecule has 1 aliphatic carbocycles. The molecule has 7 aromatic heterocycles. The van der Waals surface area contributed by atoms with Gasteiger partial charge in [-0.2, -0.15) is 0 Å². The van der Waals surface area contributed by atoms with Gasteiger partial charge >= 0.3 is 0 Å². The molecule has 64 heavy (non-hydrogen) atoms. The zero-order valence-electron chi connectivity index (χ0n) is 33.8. The molecule has 0 aliphatic heterocycles. The topological polar surface area (TPSA) is 118 Å². The summed E-state index contributed by atoms with van der Waals surface area (Å²) in [6, 6.07) is 50.7. The smallest absolute Gasteiger partial charge is 0.150 e. The van der Waals surface area contributed by atoms with E-state index in [1.807, 2.05) is 24.8 Å². The largest absolute Gasteiger partial charge is 0.307 e. The number of nitrogens with zero attached hydrogens (tertiary/aromatic N) is 11. The molecule has 0 fully saturated rings. The average Bonchev–Trinajstić information content (AvgIpc) is 4.08. The van der Waals surface area contributed by atoms with Gasteiger partial charge in [0, 0.05) is 62.8 Å². The van der Waals surface area contributed by atoms with Crippen molar-refractivity contribution in [2.24, 2.45) is 0 Å². The van der Waals surface area contributed by atoms with Crippen LogP contribution in [0.5, 0.6) is 0 Å². The van der Waals surface area contributed by atoms with Gasteiger partial charge in [-0.3, -0.25) is 9.13 Å². The van der Waals surface area contributed by atoms with Crippen LogP contribution in [0.25, 0.3) is 94.1 Å². The Labute approximate surface area is 363 Å². The van der Waals surface area contributed by atoms with Crippen LogP contribution in [-0.2, 0) is 5.41 Å². The van der Waals surface area contributed by atoms with Gasteiger partial charge in [0.05, 0.1) is 27.8 Å². The number of fused-ring (bicyclic) bond motifs is 12. The molecule has 11 nitrogen and oxygen atoms in total. The summed E-state index contributed by atoms with van der Waals surface area (Å²) in [5.74, 6) is 0. The summed E-state index contributed by atoms with van der Waals surface area (Å²) >= 11 is 0. The molecule has 13 aromatic rings. The molecular formula is C53H31N11. The number of aromatic nitrogens is 11. The lowest BCUT2D eigenvalue weighted by Crippen LogP contribution is -2.28. The first-order chi connectivity index (χ1) is 31.8. The van der Waals surface area contributed by atoms with Crippen LogP contribution in [0.15, 0.2) is 190 Å². The summed E-state index contributed by atoms with van der Waals surface area (Å²) < 4.78 is 6.63. The van der Waals surface area contributed by atoms with E-state index in [0.717, 1.165) is 77.3 Å². The number of benzene rings is 6. The molecule has 0 spiro atoms. The zero-order valence-corrected chi connectivity index (χ0v) is 33.8. The number of rotatable bonds is 5. The summed E-state index contributed by atoms with van der Waals surface area (Å²) in [7, 11) is 0. The molecule has 0 amide bonds. The maximum Gasteiger partial charge on any atom is 0.150 e. The summed E-state index contributed by atoms with van der Waals surface area (Å²) in [4.78, 5) is 37.3. The van der Waals surface area contributed by atoms with Crippen molar-refractivity contribution in [3.8, 4) is 28.2 Å². The second-order valence-electron chi connectivity index (χ2n) is 16.2. The van der Waals surface area contributed by atoms with E-state index in [4.69, 9.17) is 19.9 Å². The average molecular weight is 822 g/mol. The molecule has 0 saturated heterocycles. The van der Waals surface area contributed by atoms with Crippen molar-refractivity contribution < 1.29 is 0 Å². The fourth-order valence-electron chi connectivity index (χ4n) is 10.6. The van der Waals surface area contributed by atoms with Crippen LogP contribution in [-0.4, -0.2) is 53.6 Å². The second kappa shape index (κ2) is 13.0. The molecule has 14 rings (SSSR count). The van der Waals surface area contributed by atoms with Gasteiger partial charge in [0.15, 0.2) is 0 Å². The summed E-state index contributed by atoms with van der Waals surface area (Å²) in [6.07, 6.45) is 13.7. The summed E-state index contributed by atoms with van der Waals surface area (Å²) in [6.45, 7) is 0. The van der Waals surface area contributed by atoms with Gasteiger partial charge in [-0.25, -0.2) is 39.9 Å². The highest BCUT2D eigenvalue weighted by atomic mass is 15.2. The van der Waals surface area contributed by atoms with E-state index >= 15 is 0 Å². The maximum atomic E-state index is 4.93. The van der Waals surface area contributed by atoms with Gasteiger partial charge in [-0.05, 0) is 69.8 Å². The minimum atomic E-state index is -0.606. The molecule has 298 valence electrons. The molecule has 0 N–H and O–H groups in total. The highest BCUT2D eigenvalue weighted by molar-refractivity contribution is 6.16. The highest BCUT2D eigenvalue weighted by Crippen LogP contribution is 2.56. The SMILES string of the molecule is c1ccc(-n2c3ccc(C4(c5ccccc5)c5ccccc5-c5ccccc54)cc3c3cc(-n4c5ncncc5c5cncnc54)cc(-n4c5ncncc5c5cncnc54)c32)cc1. The second-order valence-corrected chi connectivity index (χ2v) is 16.2. The first-order valence-electron chi connectivity index (χ1n) is 21.0. The molecular weight excluding hydrogens is 791 g/mol. The predicted molar refractivity (Wildman–Crippen MR) is 249 cm³/mol. The highest BCUT2D eigenvalue weighted by Gasteiger charge is 2.46. The summed E-state index contributed by atoms with van der Waals surface area (Å²) in [5.41, 5.74) is 14.4. The van der Waals surface area contributed by atoms with Crippen molar-refractivity contribution in [2.75, 3.05) is 0 Å². The zero-order chi connectivity index (χ0) is 41.9. The van der Waals surface area contributed by atoms with Crippen molar-refractivity contribution in [1.82, 2.24) is 53.6 Å². The Morgan fingerprint density at radius 1 is 0.359 bits per heavy atom. The molecule has 7 heterocycles. The lowest BCUT2D eigenvalue weighted by Gasteiger charge is -2.34. The quantitative estimate of drug-likeness (QED) is 0.168.